The van der Waals surface area contributed by atoms with E-state index >= 15 is 4.39 Å². The summed E-state index contributed by atoms with van der Waals surface area (Å²) in [6.45, 7) is 0.878. The molecule has 1 unspecified atom stereocenters. The lowest BCUT2D eigenvalue weighted by Gasteiger charge is -2.20. The Hall–Kier alpha value is -3.10. The quantitative estimate of drug-likeness (QED) is 0.212. The molecule has 1 saturated heterocycles. The molecule has 42 heavy (non-hydrogen) atoms. The number of alkyl halides is 9. The van der Waals surface area contributed by atoms with Gasteiger partial charge in [0.05, 0.1) is 28.1 Å². The highest BCUT2D eigenvalue weighted by molar-refractivity contribution is 6.43. The van der Waals surface area contributed by atoms with Gasteiger partial charge in [-0.25, -0.2) is 9.45 Å². The average Bonchev–Trinajstić information content (AvgIpc) is 3.19. The van der Waals surface area contributed by atoms with Crippen LogP contribution >= 0.6 is 23.2 Å². The lowest BCUT2D eigenvalue weighted by Crippen LogP contribution is -2.35. The number of benzene rings is 2. The summed E-state index contributed by atoms with van der Waals surface area (Å²) in [4.78, 5) is 29.4. The lowest BCUT2D eigenvalue weighted by atomic mass is 9.92. The van der Waals surface area contributed by atoms with Crippen LogP contribution in [-0.4, -0.2) is 42.3 Å². The molecule has 1 fully saturated rings. The minimum Gasteiger partial charge on any atom is -0.294 e. The van der Waals surface area contributed by atoms with Gasteiger partial charge in [-0.3, -0.25) is 14.4 Å². The molecule has 2 aromatic carbocycles. The van der Waals surface area contributed by atoms with Gasteiger partial charge in [-0.1, -0.05) is 48.0 Å². The first-order valence-corrected chi connectivity index (χ1v) is 12.3. The van der Waals surface area contributed by atoms with Crippen molar-refractivity contribution in [3.8, 4) is 0 Å². The predicted octanol–water partition coefficient (Wildman–Crippen LogP) is 8.84. The van der Waals surface area contributed by atoms with Crippen LogP contribution in [0.5, 0.6) is 0 Å². The Morgan fingerprint density at radius 1 is 1.07 bits per heavy atom. The van der Waals surface area contributed by atoms with E-state index in [1.807, 2.05) is 0 Å². The summed E-state index contributed by atoms with van der Waals surface area (Å²) < 4.78 is 136. The smallest absolute Gasteiger partial charge is 0.294 e. The first-order chi connectivity index (χ1) is 19.2. The summed E-state index contributed by atoms with van der Waals surface area (Å²) in [6.07, 6.45) is -15.2. The molecule has 0 spiro atoms. The van der Waals surface area contributed by atoms with Crippen molar-refractivity contribution in [3.63, 3.8) is 0 Å². The zero-order valence-corrected chi connectivity index (χ0v) is 22.2. The number of Topliss-reactive ketones (excluding diaryl/α,β-unsaturated/α-hetero) is 1. The summed E-state index contributed by atoms with van der Waals surface area (Å²) in [5.41, 5.74) is -4.38. The van der Waals surface area contributed by atoms with Gasteiger partial charge in [-0.2, -0.15) is 39.5 Å². The second-order valence-electron chi connectivity index (χ2n) is 9.01. The third-order valence-electron chi connectivity index (χ3n) is 6.01. The summed E-state index contributed by atoms with van der Waals surface area (Å²) in [7, 11) is 0. The van der Waals surface area contributed by atoms with Crippen molar-refractivity contribution in [1.29, 1.82) is 0 Å². The van der Waals surface area contributed by atoms with E-state index in [0.717, 1.165) is 18.2 Å². The fourth-order valence-corrected chi connectivity index (χ4v) is 4.46. The van der Waals surface area contributed by atoms with E-state index in [-0.39, 0.29) is 32.8 Å². The number of rotatable bonds is 8. The Bertz CT molecular complexity index is 1420. The molecule has 4 nitrogen and oxygen atoms in total. The van der Waals surface area contributed by atoms with Crippen molar-refractivity contribution in [2.75, 3.05) is 13.2 Å². The number of ketones is 1. The second kappa shape index (κ2) is 12.3. The standard InChI is InChI=1S/C26H17Cl2F10NO3/c1-2-12-5-14(7-19(27)22(12)28)17(25(33,34)35)9-20(29)13-3-4-16(18(6-13)26(36,37)38)21(40)8-15-10-42-39(23(15)41)11-24(30,31)32/h2-7,9,15,17H,1,8,10-11H2/b20-9-/t15-,17?/m1/s1. The molecule has 0 N–H and O–H groups in total. The first-order valence-electron chi connectivity index (χ1n) is 11.5. The molecule has 2 aromatic rings. The molecular formula is C26H17Cl2F10NO3. The van der Waals surface area contributed by atoms with Crippen LogP contribution < -0.4 is 0 Å². The first kappa shape index (κ1) is 33.4. The number of nitrogens with zero attached hydrogens (tertiary/aromatic N) is 1. The molecule has 0 bridgehead atoms. The van der Waals surface area contributed by atoms with E-state index in [2.05, 4.69) is 11.4 Å². The molecule has 0 saturated carbocycles. The van der Waals surface area contributed by atoms with E-state index in [4.69, 9.17) is 23.2 Å². The highest BCUT2D eigenvalue weighted by Crippen LogP contribution is 2.42. The molecular weight excluding hydrogens is 635 g/mol. The number of amides is 1. The van der Waals surface area contributed by atoms with Crippen molar-refractivity contribution < 1.29 is 58.3 Å². The van der Waals surface area contributed by atoms with Gasteiger partial charge in [0.1, 0.15) is 18.3 Å². The van der Waals surface area contributed by atoms with Gasteiger partial charge in [0.25, 0.3) is 5.91 Å². The van der Waals surface area contributed by atoms with Crippen LogP contribution in [0.1, 0.15) is 45.0 Å². The lowest BCUT2D eigenvalue weighted by molar-refractivity contribution is -0.214. The number of carbonyl (C=O) groups excluding carboxylic acids is 2. The maximum atomic E-state index is 15.1. The van der Waals surface area contributed by atoms with Gasteiger partial charge < -0.3 is 0 Å². The molecule has 1 heterocycles. The number of hydroxylamine groups is 2. The van der Waals surface area contributed by atoms with E-state index in [9.17, 15) is 49.1 Å². The van der Waals surface area contributed by atoms with Crippen LogP contribution in [0.3, 0.4) is 0 Å². The Labute approximate surface area is 241 Å². The van der Waals surface area contributed by atoms with Crippen molar-refractivity contribution >= 4 is 46.8 Å². The van der Waals surface area contributed by atoms with Crippen LogP contribution in [0, 0.1) is 5.92 Å². The Morgan fingerprint density at radius 2 is 1.71 bits per heavy atom. The highest BCUT2D eigenvalue weighted by Gasteiger charge is 2.43. The molecule has 1 aliphatic heterocycles. The van der Waals surface area contributed by atoms with Gasteiger partial charge >= 0.3 is 18.5 Å². The molecule has 3 rings (SSSR count). The normalized spacial score (nSPS) is 17.5. The molecule has 1 amide bonds. The maximum absolute atomic E-state index is 15.1. The molecule has 16 heteroatoms. The van der Waals surface area contributed by atoms with E-state index < -0.39 is 89.7 Å². The number of allylic oxidation sites excluding steroid dienone is 1. The van der Waals surface area contributed by atoms with Crippen LogP contribution in [0.4, 0.5) is 43.9 Å². The van der Waals surface area contributed by atoms with E-state index in [1.165, 1.54) is 0 Å². The third-order valence-corrected chi connectivity index (χ3v) is 6.82. The second-order valence-corrected chi connectivity index (χ2v) is 9.80. The maximum Gasteiger partial charge on any atom is 0.417 e. The van der Waals surface area contributed by atoms with E-state index in [0.29, 0.717) is 12.1 Å². The number of hydrogen-bond donors (Lipinski definition) is 0. The SMILES string of the molecule is C=Cc1cc(C(/C=C(\F)c2ccc(C(=O)C[C@@H]3CON(CC(F)(F)F)C3=O)c(C(F)(F)F)c2)C(F)(F)F)cc(Cl)c1Cl. The van der Waals surface area contributed by atoms with Crippen LogP contribution in [-0.2, 0) is 15.8 Å². The topological polar surface area (TPSA) is 46.6 Å². The molecule has 2 atom stereocenters. The number of halogens is 12. The van der Waals surface area contributed by atoms with Crippen molar-refractivity contribution in [2.45, 2.75) is 30.9 Å². The fraction of sp³-hybridized carbons (Fsp3) is 0.308. The van der Waals surface area contributed by atoms with Crippen molar-refractivity contribution in [3.05, 3.63) is 80.8 Å². The molecule has 1 aliphatic rings. The van der Waals surface area contributed by atoms with Crippen molar-refractivity contribution in [2.24, 2.45) is 5.92 Å². The zero-order chi connectivity index (χ0) is 31.8. The third kappa shape index (κ3) is 7.84. The Kier molecular flexibility index (Phi) is 9.74. The molecule has 0 radical (unpaired) electrons. The Morgan fingerprint density at radius 3 is 2.26 bits per heavy atom. The number of carbonyl (C=O) groups is 2. The zero-order valence-electron chi connectivity index (χ0n) is 20.7. The van der Waals surface area contributed by atoms with E-state index in [1.54, 1.807) is 0 Å². The Balaban J connectivity index is 1.96. The van der Waals surface area contributed by atoms with Crippen LogP contribution in [0.15, 0.2) is 43.0 Å². The minimum atomic E-state index is -5.31. The van der Waals surface area contributed by atoms with Gasteiger partial charge in [-0.05, 0) is 35.4 Å². The van der Waals surface area contributed by atoms with Gasteiger partial charge in [0.15, 0.2) is 5.78 Å². The summed E-state index contributed by atoms with van der Waals surface area (Å²) >= 11 is 11.8. The van der Waals surface area contributed by atoms with Gasteiger partial charge in [-0.15, -0.1) is 0 Å². The van der Waals surface area contributed by atoms with Crippen LogP contribution in [0.25, 0.3) is 11.9 Å². The highest BCUT2D eigenvalue weighted by atomic mass is 35.5. The summed E-state index contributed by atoms with van der Waals surface area (Å²) in [5, 5.41) is -0.508. The molecule has 228 valence electrons. The molecule has 0 aromatic heterocycles. The fourth-order valence-electron chi connectivity index (χ4n) is 4.04. The largest absolute Gasteiger partial charge is 0.417 e. The van der Waals surface area contributed by atoms with Crippen LogP contribution in [0.2, 0.25) is 10.0 Å². The van der Waals surface area contributed by atoms with Gasteiger partial charge in [0.2, 0.25) is 0 Å². The van der Waals surface area contributed by atoms with Crippen molar-refractivity contribution in [1.82, 2.24) is 5.06 Å². The van der Waals surface area contributed by atoms with Gasteiger partial charge in [0, 0.05) is 17.5 Å². The monoisotopic (exact) mass is 651 g/mol. The molecule has 0 aliphatic carbocycles. The minimum absolute atomic E-state index is 0.0166. The predicted molar refractivity (Wildman–Crippen MR) is 132 cm³/mol. The number of hydrogen-bond acceptors (Lipinski definition) is 3. The average molecular weight is 652 g/mol. The summed E-state index contributed by atoms with van der Waals surface area (Å²) in [5.74, 6) is -8.56. The summed E-state index contributed by atoms with van der Waals surface area (Å²) in [6, 6.07) is 2.97.